The van der Waals surface area contributed by atoms with Crippen LogP contribution in [-0.4, -0.2) is 46.7 Å². The number of nitrogens with one attached hydrogen (secondary N) is 1. The maximum atomic E-state index is 13.8. The van der Waals surface area contributed by atoms with Crippen LogP contribution in [0.1, 0.15) is 11.1 Å². The van der Waals surface area contributed by atoms with Crippen molar-refractivity contribution in [1.29, 1.82) is 0 Å². The average molecular weight is 394 g/mol. The van der Waals surface area contributed by atoms with E-state index < -0.39 is 15.8 Å². The van der Waals surface area contributed by atoms with E-state index in [1.54, 1.807) is 0 Å². The van der Waals surface area contributed by atoms with Crippen LogP contribution in [0.5, 0.6) is 5.75 Å². The van der Waals surface area contributed by atoms with Gasteiger partial charge in [0.1, 0.15) is 0 Å². The molecule has 1 fully saturated rings. The molecule has 0 radical (unpaired) electrons. The summed E-state index contributed by atoms with van der Waals surface area (Å²) in [5, 5.41) is 0. The molecule has 0 amide bonds. The second-order valence-electron chi connectivity index (χ2n) is 6.33. The molecule has 0 saturated carbocycles. The van der Waals surface area contributed by atoms with Crippen LogP contribution in [0.15, 0.2) is 47.4 Å². The topological polar surface area (TPSA) is 67.9 Å². The lowest BCUT2D eigenvalue weighted by atomic mass is 10.1. The van der Waals surface area contributed by atoms with E-state index in [2.05, 4.69) is 9.62 Å². The average Bonchev–Trinajstić information content (AvgIpc) is 2.67. The first kappa shape index (κ1) is 19.8. The first-order chi connectivity index (χ1) is 13.0. The van der Waals surface area contributed by atoms with Crippen molar-refractivity contribution in [1.82, 2.24) is 9.62 Å². The molecule has 1 N–H and O–H groups in total. The molecule has 0 unspecified atom stereocenters. The maximum absolute atomic E-state index is 13.8. The number of hydrogen-bond acceptors (Lipinski definition) is 5. The van der Waals surface area contributed by atoms with E-state index in [1.807, 2.05) is 24.3 Å². The number of rotatable bonds is 7. The van der Waals surface area contributed by atoms with E-state index in [-0.39, 0.29) is 17.2 Å². The van der Waals surface area contributed by atoms with Crippen LogP contribution < -0.4 is 9.46 Å². The number of ether oxygens (including phenoxy) is 2. The lowest BCUT2D eigenvalue weighted by molar-refractivity contribution is 0.0342. The summed E-state index contributed by atoms with van der Waals surface area (Å²) < 4.78 is 51.3. The Bertz CT molecular complexity index is 883. The second-order valence-corrected chi connectivity index (χ2v) is 8.10. The van der Waals surface area contributed by atoms with Crippen molar-refractivity contribution in [2.24, 2.45) is 0 Å². The molecule has 0 bridgehead atoms. The van der Waals surface area contributed by atoms with Gasteiger partial charge in [-0.3, -0.25) is 4.90 Å². The van der Waals surface area contributed by atoms with Gasteiger partial charge >= 0.3 is 0 Å². The zero-order valence-corrected chi connectivity index (χ0v) is 16.0. The second kappa shape index (κ2) is 8.79. The number of hydrogen-bond donors (Lipinski definition) is 1. The molecule has 0 spiro atoms. The van der Waals surface area contributed by atoms with Gasteiger partial charge in [-0.1, -0.05) is 24.3 Å². The first-order valence-corrected chi connectivity index (χ1v) is 10.2. The smallest absolute Gasteiger partial charge is 0.240 e. The zero-order valence-electron chi connectivity index (χ0n) is 15.2. The number of halogens is 1. The molecule has 0 atom stereocenters. The lowest BCUT2D eigenvalue weighted by Gasteiger charge is -2.26. The van der Waals surface area contributed by atoms with E-state index in [9.17, 15) is 12.8 Å². The molecular formula is C19H23FN2O4S. The molecule has 1 aliphatic rings. The Morgan fingerprint density at radius 1 is 1.15 bits per heavy atom. The van der Waals surface area contributed by atoms with Crippen molar-refractivity contribution >= 4 is 10.0 Å². The number of benzene rings is 2. The summed E-state index contributed by atoms with van der Waals surface area (Å²) in [6, 6.07) is 11.3. The number of nitrogens with zero attached hydrogens (tertiary/aromatic N) is 1. The number of methoxy groups -OCH3 is 1. The molecule has 146 valence electrons. The Balaban J connectivity index is 1.65. The molecule has 1 aliphatic heterocycles. The lowest BCUT2D eigenvalue weighted by Crippen LogP contribution is -2.35. The third-order valence-corrected chi connectivity index (χ3v) is 5.80. The van der Waals surface area contributed by atoms with Crippen LogP contribution in [0.4, 0.5) is 4.39 Å². The molecule has 8 heteroatoms. The van der Waals surface area contributed by atoms with Gasteiger partial charge in [0, 0.05) is 26.2 Å². The molecule has 3 rings (SSSR count). The fourth-order valence-electron chi connectivity index (χ4n) is 2.93. The summed E-state index contributed by atoms with van der Waals surface area (Å²) in [7, 11) is -2.49. The van der Waals surface area contributed by atoms with Crippen molar-refractivity contribution in [3.8, 4) is 5.75 Å². The van der Waals surface area contributed by atoms with Crippen LogP contribution in [0.3, 0.4) is 0 Å². The summed E-state index contributed by atoms with van der Waals surface area (Å²) in [6.45, 7) is 4.18. The van der Waals surface area contributed by atoms with Crippen molar-refractivity contribution in [3.63, 3.8) is 0 Å². The van der Waals surface area contributed by atoms with Gasteiger partial charge in [0.15, 0.2) is 11.6 Å². The van der Waals surface area contributed by atoms with Gasteiger partial charge in [-0.2, -0.15) is 0 Å². The maximum Gasteiger partial charge on any atom is 0.240 e. The highest BCUT2D eigenvalue weighted by Gasteiger charge is 2.17. The van der Waals surface area contributed by atoms with Gasteiger partial charge in [0.2, 0.25) is 10.0 Å². The molecule has 2 aromatic carbocycles. The van der Waals surface area contributed by atoms with Crippen molar-refractivity contribution < 1.29 is 22.3 Å². The third-order valence-electron chi connectivity index (χ3n) is 4.40. The molecule has 0 aromatic heterocycles. The minimum absolute atomic E-state index is 0.00441. The van der Waals surface area contributed by atoms with Gasteiger partial charge < -0.3 is 9.47 Å². The Kier molecular flexibility index (Phi) is 6.43. The van der Waals surface area contributed by atoms with Crippen LogP contribution in [0.2, 0.25) is 0 Å². The first-order valence-electron chi connectivity index (χ1n) is 8.69. The highest BCUT2D eigenvalue weighted by atomic mass is 32.2. The van der Waals surface area contributed by atoms with Crippen molar-refractivity contribution in [3.05, 3.63) is 59.4 Å². The van der Waals surface area contributed by atoms with Crippen LogP contribution in [0.25, 0.3) is 0 Å². The van der Waals surface area contributed by atoms with Crippen LogP contribution >= 0.6 is 0 Å². The molecule has 1 saturated heterocycles. The zero-order chi connectivity index (χ0) is 19.3. The van der Waals surface area contributed by atoms with Gasteiger partial charge in [0.25, 0.3) is 0 Å². The van der Waals surface area contributed by atoms with Gasteiger partial charge in [-0.05, 0) is 29.3 Å². The minimum Gasteiger partial charge on any atom is -0.494 e. The standard InChI is InChI=1S/C19H23FN2O4S/c1-25-19-6-5-17(12-18(19)20)27(23,24)21-13-15-3-2-4-16(11-15)14-22-7-9-26-10-8-22/h2-6,11-12,21H,7-10,13-14H2,1H3. The fourth-order valence-corrected chi connectivity index (χ4v) is 3.96. The molecule has 2 aromatic rings. The van der Waals surface area contributed by atoms with E-state index in [4.69, 9.17) is 9.47 Å². The normalized spacial score (nSPS) is 15.6. The SMILES string of the molecule is COc1ccc(S(=O)(=O)NCc2cccc(CN3CCOCC3)c2)cc1F. The Labute approximate surface area is 159 Å². The van der Waals surface area contributed by atoms with Crippen LogP contribution in [-0.2, 0) is 27.8 Å². The summed E-state index contributed by atoms with van der Waals surface area (Å²) in [5.74, 6) is -0.711. The quantitative estimate of drug-likeness (QED) is 0.779. The van der Waals surface area contributed by atoms with E-state index in [1.165, 1.54) is 19.2 Å². The van der Waals surface area contributed by atoms with Gasteiger partial charge in [-0.25, -0.2) is 17.5 Å². The minimum atomic E-state index is -3.82. The fraction of sp³-hybridized carbons (Fsp3) is 0.368. The van der Waals surface area contributed by atoms with Gasteiger partial charge in [0.05, 0.1) is 25.2 Å². The van der Waals surface area contributed by atoms with Crippen LogP contribution in [0, 0.1) is 5.82 Å². The molecule has 6 nitrogen and oxygen atoms in total. The highest BCUT2D eigenvalue weighted by molar-refractivity contribution is 7.89. The molecule has 27 heavy (non-hydrogen) atoms. The summed E-state index contributed by atoms with van der Waals surface area (Å²) in [5.41, 5.74) is 1.96. The Morgan fingerprint density at radius 3 is 2.59 bits per heavy atom. The predicted molar refractivity (Wildman–Crippen MR) is 99.5 cm³/mol. The van der Waals surface area contributed by atoms with E-state index in [0.717, 1.165) is 50.0 Å². The molecule has 1 heterocycles. The van der Waals surface area contributed by atoms with Crippen molar-refractivity contribution in [2.75, 3.05) is 33.4 Å². The summed E-state index contributed by atoms with van der Waals surface area (Å²) in [6.07, 6.45) is 0. The number of morpholine rings is 1. The monoisotopic (exact) mass is 394 g/mol. The molecule has 0 aliphatic carbocycles. The van der Waals surface area contributed by atoms with E-state index >= 15 is 0 Å². The highest BCUT2D eigenvalue weighted by Crippen LogP contribution is 2.20. The van der Waals surface area contributed by atoms with Gasteiger partial charge in [-0.15, -0.1) is 0 Å². The summed E-state index contributed by atoms with van der Waals surface area (Å²) in [4.78, 5) is 2.16. The third kappa shape index (κ3) is 5.26. The molecular weight excluding hydrogens is 371 g/mol. The Morgan fingerprint density at radius 2 is 1.89 bits per heavy atom. The largest absolute Gasteiger partial charge is 0.494 e. The Hall–Kier alpha value is -2.00. The number of sulfonamides is 1. The van der Waals surface area contributed by atoms with E-state index in [0.29, 0.717) is 0 Å². The predicted octanol–water partition coefficient (Wildman–Crippen LogP) is 2.14. The summed E-state index contributed by atoms with van der Waals surface area (Å²) >= 11 is 0. The van der Waals surface area contributed by atoms with Crippen molar-refractivity contribution in [2.45, 2.75) is 18.0 Å².